The fraction of sp³-hybridized carbons (Fsp3) is 0.111. The van der Waals surface area contributed by atoms with E-state index in [9.17, 15) is 0 Å². The number of halogens is 1. The van der Waals surface area contributed by atoms with Gasteiger partial charge in [-0.1, -0.05) is 88.7 Å². The van der Waals surface area contributed by atoms with Crippen LogP contribution in [-0.4, -0.2) is 0 Å². The van der Waals surface area contributed by atoms with E-state index in [2.05, 4.69) is 132 Å². The number of hydrogen-bond donors (Lipinski definition) is 0. The first-order valence-corrected chi connectivity index (χ1v) is 13.0. The van der Waals surface area contributed by atoms with E-state index in [0.29, 0.717) is 0 Å². The molecule has 2 heteroatoms. The van der Waals surface area contributed by atoms with Crippen LogP contribution in [-0.2, 0) is 11.5 Å². The molecule has 0 fully saturated rings. The van der Waals surface area contributed by atoms with Gasteiger partial charge in [-0.15, -0.1) is 0 Å². The van der Waals surface area contributed by atoms with Crippen molar-refractivity contribution in [3.8, 4) is 0 Å². The molecular weight excluding hydrogens is 435 g/mol. The molecule has 0 N–H and O–H groups in total. The van der Waals surface area contributed by atoms with Crippen LogP contribution in [0, 0.1) is 6.92 Å². The van der Waals surface area contributed by atoms with Crippen LogP contribution >= 0.6 is 23.2 Å². The van der Waals surface area contributed by atoms with Crippen molar-refractivity contribution in [2.45, 2.75) is 18.4 Å². The van der Waals surface area contributed by atoms with Gasteiger partial charge in [-0.25, -0.2) is 0 Å². The van der Waals surface area contributed by atoms with E-state index in [1.807, 2.05) is 0 Å². The third-order valence-electron chi connectivity index (χ3n) is 5.70. The van der Waals surface area contributed by atoms with Crippen LogP contribution < -0.4 is 15.9 Å². The Morgan fingerprint density at radius 3 is 1.38 bits per heavy atom. The van der Waals surface area contributed by atoms with Crippen molar-refractivity contribution in [3.05, 3.63) is 126 Å². The van der Waals surface area contributed by atoms with Crippen molar-refractivity contribution < 1.29 is 0 Å². The minimum atomic E-state index is -1.85. The van der Waals surface area contributed by atoms with E-state index in [-0.39, 0.29) is 0 Å². The van der Waals surface area contributed by atoms with Crippen LogP contribution in [0.15, 0.2) is 109 Å². The van der Waals surface area contributed by atoms with E-state index in [4.69, 9.17) is 0 Å². The molecule has 0 nitrogen and oxygen atoms in total. The molecule has 0 unspecified atom stereocenters. The second kappa shape index (κ2) is 9.08. The molecule has 0 aliphatic heterocycles. The Morgan fingerprint density at radius 2 is 0.966 bits per heavy atom. The van der Waals surface area contributed by atoms with Gasteiger partial charge in [0.25, 0.3) is 0 Å². The van der Waals surface area contributed by atoms with E-state index >= 15 is 0 Å². The summed E-state index contributed by atoms with van der Waals surface area (Å²) in [6, 6.07) is 40.1. The highest BCUT2D eigenvalue weighted by Gasteiger charge is 2.45. The third kappa shape index (κ3) is 3.95. The zero-order valence-corrected chi connectivity index (χ0v) is 19.1. The zero-order chi connectivity index (χ0) is 20.1. The van der Waals surface area contributed by atoms with Gasteiger partial charge >= 0.3 is 0 Å². The standard InChI is InChI=1S/C27H25BrP/c1-22-23(20-28)12-11-13-24(22)21-29(25-14-5-2-6-15-25,26-16-7-3-8-17-26)27-18-9-4-10-19-27/h2-19H,20-21H2,1H3/q+1. The van der Waals surface area contributed by atoms with E-state index < -0.39 is 7.26 Å². The molecule has 4 aromatic carbocycles. The normalized spacial score (nSPS) is 11.4. The van der Waals surface area contributed by atoms with Crippen molar-refractivity contribution in [1.82, 2.24) is 0 Å². The van der Waals surface area contributed by atoms with Crippen LogP contribution in [0.3, 0.4) is 0 Å². The largest absolute Gasteiger partial charge is 0.116 e. The molecule has 0 radical (unpaired) electrons. The minimum Gasteiger partial charge on any atom is -0.0876 e. The Kier molecular flexibility index (Phi) is 6.28. The van der Waals surface area contributed by atoms with Gasteiger partial charge < -0.3 is 0 Å². The third-order valence-corrected chi connectivity index (χ3v) is 10.7. The molecule has 0 amide bonds. The van der Waals surface area contributed by atoms with Gasteiger partial charge in [0.05, 0.1) is 6.16 Å². The molecule has 0 saturated heterocycles. The first-order valence-electron chi connectivity index (χ1n) is 9.94. The zero-order valence-electron chi connectivity index (χ0n) is 16.6. The SMILES string of the molecule is Cc1c(CBr)cccc1C[P+](c1ccccc1)(c1ccccc1)c1ccccc1. The number of rotatable bonds is 6. The molecule has 0 bridgehead atoms. The van der Waals surface area contributed by atoms with Crippen LogP contribution in [0.5, 0.6) is 0 Å². The molecule has 0 spiro atoms. The molecule has 29 heavy (non-hydrogen) atoms. The smallest absolute Gasteiger partial charge is 0.0876 e. The fourth-order valence-electron chi connectivity index (χ4n) is 4.08. The molecule has 0 aromatic heterocycles. The molecular formula is C27H25BrP+. The van der Waals surface area contributed by atoms with Crippen LogP contribution in [0.2, 0.25) is 0 Å². The summed E-state index contributed by atoms with van der Waals surface area (Å²) in [6.45, 7) is 2.27. The Bertz CT molecular complexity index is 963. The Balaban J connectivity index is 2.01. The molecule has 0 saturated carbocycles. The highest BCUT2D eigenvalue weighted by atomic mass is 79.9. The van der Waals surface area contributed by atoms with Gasteiger partial charge in [-0.05, 0) is 60.0 Å². The lowest BCUT2D eigenvalue weighted by molar-refractivity contribution is 1.23. The summed E-state index contributed by atoms with van der Waals surface area (Å²) in [4.78, 5) is 0. The highest BCUT2D eigenvalue weighted by Crippen LogP contribution is 2.58. The lowest BCUT2D eigenvalue weighted by Crippen LogP contribution is -2.32. The van der Waals surface area contributed by atoms with Crippen LogP contribution in [0.4, 0.5) is 0 Å². The minimum absolute atomic E-state index is 0.889. The topological polar surface area (TPSA) is 0 Å². The van der Waals surface area contributed by atoms with Crippen molar-refractivity contribution in [2.75, 3.05) is 0 Å². The van der Waals surface area contributed by atoms with E-state index in [1.54, 1.807) is 0 Å². The van der Waals surface area contributed by atoms with Crippen molar-refractivity contribution in [2.24, 2.45) is 0 Å². The first kappa shape index (κ1) is 20.1. The Hall–Kier alpha value is -2.21. The molecule has 0 heterocycles. The number of alkyl halides is 1. The average molecular weight is 460 g/mol. The summed E-state index contributed by atoms with van der Waals surface area (Å²) in [5.41, 5.74) is 4.21. The molecule has 144 valence electrons. The van der Waals surface area contributed by atoms with Gasteiger partial charge in [0, 0.05) is 5.33 Å². The second-order valence-electron chi connectivity index (χ2n) is 7.31. The summed E-state index contributed by atoms with van der Waals surface area (Å²) >= 11 is 3.67. The quantitative estimate of drug-likeness (QED) is 0.231. The molecule has 4 aromatic rings. The van der Waals surface area contributed by atoms with E-state index in [1.165, 1.54) is 32.6 Å². The van der Waals surface area contributed by atoms with Gasteiger partial charge in [0.15, 0.2) is 0 Å². The first-order chi connectivity index (χ1) is 14.3. The van der Waals surface area contributed by atoms with Gasteiger partial charge in [0.1, 0.15) is 23.2 Å². The average Bonchev–Trinajstić information content (AvgIpc) is 2.80. The van der Waals surface area contributed by atoms with Gasteiger partial charge in [0.2, 0.25) is 0 Å². The second-order valence-corrected chi connectivity index (χ2v) is 11.4. The van der Waals surface area contributed by atoms with E-state index in [0.717, 1.165) is 11.5 Å². The van der Waals surface area contributed by atoms with Crippen molar-refractivity contribution in [1.29, 1.82) is 0 Å². The summed E-state index contributed by atoms with van der Waals surface area (Å²) in [5.74, 6) is 0. The van der Waals surface area contributed by atoms with Crippen LogP contribution in [0.1, 0.15) is 16.7 Å². The van der Waals surface area contributed by atoms with Gasteiger partial charge in [-0.3, -0.25) is 0 Å². The fourth-order valence-corrected chi connectivity index (χ4v) is 9.02. The maximum Gasteiger partial charge on any atom is 0.116 e. The summed E-state index contributed by atoms with van der Waals surface area (Å²) in [7, 11) is -1.85. The lowest BCUT2D eigenvalue weighted by atomic mass is 10.1. The molecule has 4 rings (SSSR count). The maximum absolute atomic E-state index is 3.67. The van der Waals surface area contributed by atoms with Crippen molar-refractivity contribution >= 4 is 39.1 Å². The number of benzene rings is 4. The maximum atomic E-state index is 3.67. The van der Waals surface area contributed by atoms with Crippen molar-refractivity contribution in [3.63, 3.8) is 0 Å². The van der Waals surface area contributed by atoms with Crippen LogP contribution in [0.25, 0.3) is 0 Å². The summed E-state index contributed by atoms with van der Waals surface area (Å²) in [6.07, 6.45) is 1.03. The summed E-state index contributed by atoms with van der Waals surface area (Å²) in [5, 5.41) is 5.18. The van der Waals surface area contributed by atoms with Gasteiger partial charge in [-0.2, -0.15) is 0 Å². The molecule has 0 atom stereocenters. The Morgan fingerprint density at radius 1 is 0.552 bits per heavy atom. The molecule has 0 aliphatic rings. The predicted molar refractivity (Wildman–Crippen MR) is 133 cm³/mol. The summed E-state index contributed by atoms with van der Waals surface area (Å²) < 4.78 is 0. The molecule has 0 aliphatic carbocycles. The number of hydrogen-bond acceptors (Lipinski definition) is 0. The monoisotopic (exact) mass is 459 g/mol. The highest BCUT2D eigenvalue weighted by molar-refractivity contribution is 9.08. The Labute approximate surface area is 183 Å². The predicted octanol–water partition coefficient (Wildman–Crippen LogP) is 6.38. The lowest BCUT2D eigenvalue weighted by Gasteiger charge is -2.28.